The first-order valence-electron chi connectivity index (χ1n) is 9.41. The molecule has 0 spiro atoms. The van der Waals surface area contributed by atoms with Gasteiger partial charge in [-0.2, -0.15) is 0 Å². The van der Waals surface area contributed by atoms with Gasteiger partial charge in [0.25, 0.3) is 5.91 Å². The Hall–Kier alpha value is -2.93. The third-order valence-electron chi connectivity index (χ3n) is 4.09. The lowest BCUT2D eigenvalue weighted by atomic mass is 9.87. The number of nitrogens with one attached hydrogen (secondary N) is 3. The Bertz CT molecular complexity index is 856. The van der Waals surface area contributed by atoms with Crippen LogP contribution in [-0.4, -0.2) is 23.5 Å². The molecule has 0 atom stereocenters. The van der Waals surface area contributed by atoms with Crippen molar-refractivity contribution >= 4 is 40.5 Å². The third kappa shape index (κ3) is 7.54. The summed E-state index contributed by atoms with van der Waals surface area (Å²) in [6.07, 6.45) is 0.357. The van der Waals surface area contributed by atoms with E-state index in [-0.39, 0.29) is 28.9 Å². The van der Waals surface area contributed by atoms with E-state index in [1.54, 1.807) is 31.2 Å². The van der Waals surface area contributed by atoms with Gasteiger partial charge < -0.3 is 20.7 Å². The zero-order chi connectivity index (χ0) is 21.4. The highest BCUT2D eigenvalue weighted by molar-refractivity contribution is 7.80. The number of hydrogen-bond acceptors (Lipinski definition) is 4. The molecule has 29 heavy (non-hydrogen) atoms. The van der Waals surface area contributed by atoms with Gasteiger partial charge in [0.1, 0.15) is 5.75 Å². The summed E-state index contributed by atoms with van der Waals surface area (Å²) < 4.78 is 5.55. The summed E-state index contributed by atoms with van der Waals surface area (Å²) in [7, 11) is 0. The van der Waals surface area contributed by atoms with Crippen LogP contribution in [0.5, 0.6) is 5.75 Å². The van der Waals surface area contributed by atoms with Crippen molar-refractivity contribution in [3.63, 3.8) is 0 Å². The lowest BCUT2D eigenvalue weighted by molar-refractivity contribution is -0.119. The van der Waals surface area contributed by atoms with Crippen LogP contribution in [0.4, 0.5) is 11.4 Å². The predicted molar refractivity (Wildman–Crippen MR) is 120 cm³/mol. The highest BCUT2D eigenvalue weighted by Crippen LogP contribution is 2.24. The molecule has 0 saturated carbocycles. The minimum absolute atomic E-state index is 0.0717. The number of amides is 2. The van der Waals surface area contributed by atoms with Crippen molar-refractivity contribution in [2.75, 3.05) is 17.2 Å². The Morgan fingerprint density at radius 3 is 1.97 bits per heavy atom. The molecule has 6 nitrogen and oxygen atoms in total. The van der Waals surface area contributed by atoms with Crippen LogP contribution in [0.15, 0.2) is 48.5 Å². The molecule has 2 aromatic carbocycles. The summed E-state index contributed by atoms with van der Waals surface area (Å²) in [5, 5.41) is 8.49. The van der Waals surface area contributed by atoms with E-state index in [0.717, 1.165) is 0 Å². The highest BCUT2D eigenvalue weighted by atomic mass is 32.1. The average molecular weight is 414 g/mol. The molecule has 154 valence electrons. The summed E-state index contributed by atoms with van der Waals surface area (Å²) in [4.78, 5) is 23.4. The lowest BCUT2D eigenvalue weighted by Gasteiger charge is -2.19. The number of anilines is 2. The van der Waals surface area contributed by atoms with Gasteiger partial charge in [0, 0.05) is 17.8 Å². The molecular weight excluding hydrogens is 386 g/mol. The second-order valence-corrected chi connectivity index (χ2v) is 7.95. The van der Waals surface area contributed by atoms with Crippen molar-refractivity contribution in [2.24, 2.45) is 0 Å². The van der Waals surface area contributed by atoms with Crippen molar-refractivity contribution in [1.29, 1.82) is 0 Å². The number of thiocarbonyl (C=S) groups is 1. The Morgan fingerprint density at radius 2 is 1.45 bits per heavy atom. The molecule has 0 bridgehead atoms. The van der Waals surface area contributed by atoms with Crippen LogP contribution in [0.1, 0.15) is 39.7 Å². The molecule has 0 saturated heterocycles. The first-order chi connectivity index (χ1) is 13.7. The van der Waals surface area contributed by atoms with E-state index in [4.69, 9.17) is 17.0 Å². The smallest absolute Gasteiger partial charge is 0.262 e. The summed E-state index contributed by atoms with van der Waals surface area (Å²) >= 11 is 5.06. The topological polar surface area (TPSA) is 79.5 Å². The summed E-state index contributed by atoms with van der Waals surface area (Å²) in [5.41, 5.74) is 2.62. The summed E-state index contributed by atoms with van der Waals surface area (Å²) in [6, 6.07) is 14.7. The van der Waals surface area contributed by atoms with Gasteiger partial charge in [0.05, 0.1) is 0 Å². The second-order valence-electron chi connectivity index (χ2n) is 7.54. The van der Waals surface area contributed by atoms with E-state index < -0.39 is 0 Å². The first-order valence-corrected chi connectivity index (χ1v) is 9.82. The molecule has 0 aliphatic rings. The second kappa shape index (κ2) is 10.0. The maximum Gasteiger partial charge on any atom is 0.262 e. The van der Waals surface area contributed by atoms with Gasteiger partial charge >= 0.3 is 0 Å². The van der Waals surface area contributed by atoms with E-state index in [0.29, 0.717) is 23.5 Å². The van der Waals surface area contributed by atoms with Crippen molar-refractivity contribution in [1.82, 2.24) is 5.32 Å². The van der Waals surface area contributed by atoms with E-state index >= 15 is 0 Å². The lowest BCUT2D eigenvalue weighted by Crippen LogP contribution is -2.33. The predicted octanol–water partition coefficient (Wildman–Crippen LogP) is 4.22. The monoisotopic (exact) mass is 413 g/mol. The molecule has 2 amide bonds. The Kier molecular flexibility index (Phi) is 7.73. The molecule has 0 heterocycles. The van der Waals surface area contributed by atoms with Crippen LogP contribution in [0.3, 0.4) is 0 Å². The number of hydrogen-bond donors (Lipinski definition) is 3. The van der Waals surface area contributed by atoms with Crippen molar-refractivity contribution < 1.29 is 14.3 Å². The van der Waals surface area contributed by atoms with Crippen LogP contribution in [0.25, 0.3) is 0 Å². The van der Waals surface area contributed by atoms with E-state index in [2.05, 4.69) is 36.7 Å². The third-order valence-corrected chi connectivity index (χ3v) is 4.29. The molecule has 2 rings (SSSR count). The minimum atomic E-state index is -0.253. The molecule has 0 aromatic heterocycles. The SMILES string of the molecule is CCC(=O)NC(=S)Nc1ccc(NC(=O)COc2ccc(C(C)(C)C)cc2)cc1. The normalized spacial score (nSPS) is 10.8. The van der Waals surface area contributed by atoms with E-state index in [1.807, 2.05) is 24.3 Å². The molecule has 0 fully saturated rings. The van der Waals surface area contributed by atoms with Crippen LogP contribution < -0.4 is 20.7 Å². The number of benzene rings is 2. The zero-order valence-corrected chi connectivity index (χ0v) is 18.0. The van der Waals surface area contributed by atoms with Crippen molar-refractivity contribution in [2.45, 2.75) is 39.5 Å². The van der Waals surface area contributed by atoms with Gasteiger partial charge in [-0.05, 0) is 59.6 Å². The largest absolute Gasteiger partial charge is 0.484 e. The Labute approximate surface area is 177 Å². The zero-order valence-electron chi connectivity index (χ0n) is 17.2. The molecule has 0 unspecified atom stereocenters. The molecular formula is C22H27N3O3S. The maximum atomic E-state index is 12.1. The Morgan fingerprint density at radius 1 is 0.897 bits per heavy atom. The number of rotatable bonds is 6. The fourth-order valence-electron chi connectivity index (χ4n) is 2.41. The fraction of sp³-hybridized carbons (Fsp3) is 0.318. The summed E-state index contributed by atoms with van der Waals surface area (Å²) in [6.45, 7) is 8.10. The standard InChI is InChI=1S/C22H27N3O3S/c1-5-19(26)25-21(29)24-17-10-8-16(9-11-17)23-20(27)14-28-18-12-6-15(7-13-18)22(2,3)4/h6-13H,5,14H2,1-4H3,(H,23,27)(H2,24,25,26,29). The van der Waals surface area contributed by atoms with Gasteiger partial charge in [-0.1, -0.05) is 39.8 Å². The minimum Gasteiger partial charge on any atom is -0.484 e. The fourth-order valence-corrected chi connectivity index (χ4v) is 2.64. The van der Waals surface area contributed by atoms with E-state index in [1.165, 1.54) is 5.56 Å². The molecule has 3 N–H and O–H groups in total. The van der Waals surface area contributed by atoms with Gasteiger partial charge in [-0.15, -0.1) is 0 Å². The average Bonchev–Trinajstić information content (AvgIpc) is 2.67. The Balaban J connectivity index is 1.81. The first kappa shape index (κ1) is 22.4. The molecule has 2 aromatic rings. The molecule has 0 aliphatic carbocycles. The maximum absolute atomic E-state index is 12.1. The van der Waals surface area contributed by atoms with Gasteiger partial charge in [0.15, 0.2) is 11.7 Å². The molecule has 0 radical (unpaired) electrons. The van der Waals surface area contributed by atoms with Gasteiger partial charge in [0.2, 0.25) is 5.91 Å². The van der Waals surface area contributed by atoms with Crippen LogP contribution in [0, 0.1) is 0 Å². The van der Waals surface area contributed by atoms with Crippen LogP contribution in [-0.2, 0) is 15.0 Å². The number of carbonyl (C=O) groups is 2. The molecule has 7 heteroatoms. The highest BCUT2D eigenvalue weighted by Gasteiger charge is 2.13. The van der Waals surface area contributed by atoms with Crippen molar-refractivity contribution in [3.05, 3.63) is 54.1 Å². The summed E-state index contributed by atoms with van der Waals surface area (Å²) in [5.74, 6) is 0.242. The quantitative estimate of drug-likeness (QED) is 0.618. The van der Waals surface area contributed by atoms with E-state index in [9.17, 15) is 9.59 Å². The molecule has 0 aliphatic heterocycles. The van der Waals surface area contributed by atoms with Crippen LogP contribution >= 0.6 is 12.2 Å². The van der Waals surface area contributed by atoms with Crippen LogP contribution in [0.2, 0.25) is 0 Å². The van der Waals surface area contributed by atoms with Gasteiger partial charge in [-0.3, -0.25) is 9.59 Å². The van der Waals surface area contributed by atoms with Crippen molar-refractivity contribution in [3.8, 4) is 5.75 Å². The van der Waals surface area contributed by atoms with Gasteiger partial charge in [-0.25, -0.2) is 0 Å². The number of ether oxygens (including phenoxy) is 1. The number of carbonyl (C=O) groups excluding carboxylic acids is 2.